The summed E-state index contributed by atoms with van der Waals surface area (Å²) in [6.45, 7) is 1.23. The van der Waals surface area contributed by atoms with Crippen LogP contribution in [0.2, 0.25) is 0 Å². The minimum Gasteiger partial charge on any atom is -0.481 e. The van der Waals surface area contributed by atoms with Gasteiger partial charge in [0.2, 0.25) is 0 Å². The van der Waals surface area contributed by atoms with E-state index in [1.165, 1.54) is 11.8 Å². The molecule has 1 N–H and O–H groups in total. The molecule has 0 spiro atoms. The van der Waals surface area contributed by atoms with Crippen LogP contribution in [0.1, 0.15) is 0 Å². The molecule has 0 radical (unpaired) electrons. The number of fused-ring (bicyclic) bond motifs is 1. The van der Waals surface area contributed by atoms with E-state index in [1.54, 1.807) is 7.11 Å². The van der Waals surface area contributed by atoms with Crippen LogP contribution in [0.25, 0.3) is 11.0 Å². The molecule has 2 rings (SSSR count). The summed E-state index contributed by atoms with van der Waals surface area (Å²) in [5.41, 5.74) is 1.89. The molecule has 19 heavy (non-hydrogen) atoms. The summed E-state index contributed by atoms with van der Waals surface area (Å²) in [5.74, 6) is -0.835. The van der Waals surface area contributed by atoms with Crippen LogP contribution in [-0.2, 0) is 16.1 Å². The first kappa shape index (κ1) is 14.6. The summed E-state index contributed by atoms with van der Waals surface area (Å²) in [6.07, 6.45) is 0. The Morgan fingerprint density at radius 1 is 1.58 bits per heavy atom. The van der Waals surface area contributed by atoms with Crippen molar-refractivity contribution in [2.45, 2.75) is 11.7 Å². The van der Waals surface area contributed by atoms with Crippen molar-refractivity contribution in [2.24, 2.45) is 0 Å². The Morgan fingerprint density at radius 2 is 2.37 bits per heavy atom. The predicted octanol–water partition coefficient (Wildman–Crippen LogP) is 2.46. The quantitative estimate of drug-likeness (QED) is 0.605. The minimum absolute atomic E-state index is 0.00734. The highest BCUT2D eigenvalue weighted by Gasteiger charge is 2.12. The van der Waals surface area contributed by atoms with Crippen LogP contribution in [0.4, 0.5) is 0 Å². The van der Waals surface area contributed by atoms with Gasteiger partial charge in [-0.25, -0.2) is 4.98 Å². The number of carboxylic acids is 1. The molecule has 0 unspecified atom stereocenters. The summed E-state index contributed by atoms with van der Waals surface area (Å²) >= 11 is 3.47. The molecular formula is C12H13IN2O3S. The number of rotatable bonds is 6. The van der Waals surface area contributed by atoms with Crippen molar-refractivity contribution >= 4 is 51.4 Å². The van der Waals surface area contributed by atoms with Crippen LogP contribution in [-0.4, -0.2) is 40.1 Å². The van der Waals surface area contributed by atoms with E-state index in [1.807, 2.05) is 22.8 Å². The van der Waals surface area contributed by atoms with Gasteiger partial charge in [0.15, 0.2) is 5.16 Å². The number of halogens is 1. The molecule has 2 aromatic rings. The van der Waals surface area contributed by atoms with Crippen LogP contribution in [0.3, 0.4) is 0 Å². The lowest BCUT2D eigenvalue weighted by Crippen LogP contribution is -2.07. The first-order chi connectivity index (χ1) is 9.11. The van der Waals surface area contributed by atoms with Crippen molar-refractivity contribution in [1.82, 2.24) is 9.55 Å². The molecule has 7 heteroatoms. The van der Waals surface area contributed by atoms with Gasteiger partial charge in [0.25, 0.3) is 0 Å². The summed E-state index contributed by atoms with van der Waals surface area (Å²) in [7, 11) is 1.64. The number of carboxylic acid groups (broad SMARTS) is 1. The topological polar surface area (TPSA) is 64.3 Å². The van der Waals surface area contributed by atoms with Crippen LogP contribution in [0, 0.1) is 3.57 Å². The van der Waals surface area contributed by atoms with Crippen LogP contribution >= 0.6 is 34.4 Å². The maximum atomic E-state index is 10.7. The van der Waals surface area contributed by atoms with E-state index in [9.17, 15) is 4.79 Å². The van der Waals surface area contributed by atoms with Crippen molar-refractivity contribution in [2.75, 3.05) is 19.5 Å². The Bertz CT molecular complexity index is 600. The molecule has 0 fully saturated rings. The van der Waals surface area contributed by atoms with E-state index in [0.29, 0.717) is 13.2 Å². The molecule has 1 aromatic carbocycles. The summed E-state index contributed by atoms with van der Waals surface area (Å²) in [6, 6.07) is 6.01. The number of aliphatic carboxylic acids is 1. The van der Waals surface area contributed by atoms with Crippen molar-refractivity contribution in [3.8, 4) is 0 Å². The van der Waals surface area contributed by atoms with E-state index in [2.05, 4.69) is 27.6 Å². The standard InChI is InChI=1S/C12H13IN2O3S/c1-18-5-4-15-10-3-2-8(13)6-9(10)14-12(15)19-7-11(16)17/h2-3,6H,4-5,7H2,1H3,(H,16,17). The van der Waals surface area contributed by atoms with E-state index < -0.39 is 5.97 Å². The number of hydrogen-bond acceptors (Lipinski definition) is 4. The summed E-state index contributed by atoms with van der Waals surface area (Å²) in [4.78, 5) is 15.2. The number of aromatic nitrogens is 2. The fourth-order valence-electron chi connectivity index (χ4n) is 1.72. The van der Waals surface area contributed by atoms with E-state index in [-0.39, 0.29) is 5.75 Å². The fourth-order valence-corrected chi connectivity index (χ4v) is 2.95. The molecule has 102 valence electrons. The van der Waals surface area contributed by atoms with Gasteiger partial charge in [-0.2, -0.15) is 0 Å². The molecule has 0 atom stereocenters. The number of methoxy groups -OCH3 is 1. The Hall–Kier alpha value is -0.800. The highest BCUT2D eigenvalue weighted by Crippen LogP contribution is 2.25. The molecule has 0 saturated heterocycles. The van der Waals surface area contributed by atoms with E-state index >= 15 is 0 Å². The van der Waals surface area contributed by atoms with Crippen LogP contribution in [0.5, 0.6) is 0 Å². The third-order valence-electron chi connectivity index (χ3n) is 2.52. The van der Waals surface area contributed by atoms with Gasteiger partial charge < -0.3 is 14.4 Å². The summed E-state index contributed by atoms with van der Waals surface area (Å²) < 4.78 is 8.20. The van der Waals surface area contributed by atoms with Gasteiger partial charge in [-0.1, -0.05) is 11.8 Å². The van der Waals surface area contributed by atoms with Crippen LogP contribution < -0.4 is 0 Å². The van der Waals surface area contributed by atoms with Gasteiger partial charge in [-0.05, 0) is 40.8 Å². The molecule has 0 amide bonds. The zero-order valence-corrected chi connectivity index (χ0v) is 13.3. The Labute approximate surface area is 128 Å². The molecule has 0 bridgehead atoms. The molecule has 0 saturated carbocycles. The Kier molecular flexibility index (Phi) is 5.06. The fraction of sp³-hybridized carbons (Fsp3) is 0.333. The summed E-state index contributed by atoms with van der Waals surface area (Å²) in [5, 5.41) is 9.50. The first-order valence-corrected chi connectivity index (χ1v) is 7.67. The molecule has 0 aliphatic heterocycles. The average Bonchev–Trinajstić information content (AvgIpc) is 2.70. The second-order valence-corrected chi connectivity index (χ2v) is 6.04. The first-order valence-electron chi connectivity index (χ1n) is 5.61. The second kappa shape index (κ2) is 6.58. The smallest absolute Gasteiger partial charge is 0.313 e. The Morgan fingerprint density at radius 3 is 3.05 bits per heavy atom. The number of hydrogen-bond donors (Lipinski definition) is 1. The molecule has 0 aliphatic rings. The molecular weight excluding hydrogens is 379 g/mol. The van der Waals surface area contributed by atoms with Crippen molar-refractivity contribution in [3.63, 3.8) is 0 Å². The molecule has 5 nitrogen and oxygen atoms in total. The number of imidazole rings is 1. The number of nitrogens with zero attached hydrogens (tertiary/aromatic N) is 2. The second-order valence-electron chi connectivity index (χ2n) is 3.85. The highest BCUT2D eigenvalue weighted by molar-refractivity contribution is 14.1. The van der Waals surface area contributed by atoms with Gasteiger partial charge in [-0.3, -0.25) is 4.79 Å². The van der Waals surface area contributed by atoms with Crippen molar-refractivity contribution < 1.29 is 14.6 Å². The maximum absolute atomic E-state index is 10.7. The van der Waals surface area contributed by atoms with Crippen molar-refractivity contribution in [3.05, 3.63) is 21.8 Å². The third kappa shape index (κ3) is 3.61. The van der Waals surface area contributed by atoms with Gasteiger partial charge >= 0.3 is 5.97 Å². The lowest BCUT2D eigenvalue weighted by Gasteiger charge is -2.07. The molecule has 0 aliphatic carbocycles. The SMILES string of the molecule is COCCn1c(SCC(=O)O)nc2cc(I)ccc21. The normalized spacial score (nSPS) is 11.1. The number of carbonyl (C=O) groups is 1. The van der Waals surface area contributed by atoms with Gasteiger partial charge in [0, 0.05) is 17.2 Å². The monoisotopic (exact) mass is 392 g/mol. The zero-order chi connectivity index (χ0) is 13.8. The lowest BCUT2D eigenvalue weighted by molar-refractivity contribution is -0.133. The largest absolute Gasteiger partial charge is 0.481 e. The maximum Gasteiger partial charge on any atom is 0.313 e. The Balaban J connectivity index is 2.38. The average molecular weight is 392 g/mol. The number of ether oxygens (including phenoxy) is 1. The number of thioether (sulfide) groups is 1. The van der Waals surface area contributed by atoms with Gasteiger partial charge in [0.1, 0.15) is 0 Å². The third-order valence-corrected chi connectivity index (χ3v) is 4.15. The molecule has 1 aromatic heterocycles. The lowest BCUT2D eigenvalue weighted by atomic mass is 10.3. The van der Waals surface area contributed by atoms with Gasteiger partial charge in [-0.15, -0.1) is 0 Å². The molecule has 1 heterocycles. The zero-order valence-electron chi connectivity index (χ0n) is 10.3. The van der Waals surface area contributed by atoms with Crippen molar-refractivity contribution in [1.29, 1.82) is 0 Å². The number of benzene rings is 1. The van der Waals surface area contributed by atoms with Crippen LogP contribution in [0.15, 0.2) is 23.4 Å². The highest BCUT2D eigenvalue weighted by atomic mass is 127. The van der Waals surface area contributed by atoms with E-state index in [0.717, 1.165) is 19.8 Å². The predicted molar refractivity (Wildman–Crippen MR) is 82.7 cm³/mol. The van der Waals surface area contributed by atoms with E-state index in [4.69, 9.17) is 9.84 Å². The van der Waals surface area contributed by atoms with Gasteiger partial charge in [0.05, 0.1) is 23.4 Å². The minimum atomic E-state index is -0.843.